The highest BCUT2D eigenvalue weighted by molar-refractivity contribution is 5.43. The number of fused-ring (bicyclic) bond motifs is 1. The molecule has 0 bridgehead atoms. The smallest absolute Gasteiger partial charge is 0.161 e. The molecule has 16 heavy (non-hydrogen) atoms. The van der Waals surface area contributed by atoms with Crippen molar-refractivity contribution in [3.05, 3.63) is 30.2 Å². The number of rotatable bonds is 3. The summed E-state index contributed by atoms with van der Waals surface area (Å²) in [6, 6.07) is 6.21. The lowest BCUT2D eigenvalue weighted by Crippen LogP contribution is -1.98. The zero-order valence-corrected chi connectivity index (χ0v) is 9.95. The molecule has 2 rings (SSSR count). The van der Waals surface area contributed by atoms with Crippen molar-refractivity contribution in [2.45, 2.75) is 26.7 Å². The van der Waals surface area contributed by atoms with Crippen molar-refractivity contribution in [1.82, 2.24) is 0 Å². The fourth-order valence-corrected chi connectivity index (χ4v) is 1.69. The lowest BCUT2D eigenvalue weighted by Gasteiger charge is -2.10. The van der Waals surface area contributed by atoms with E-state index in [0.717, 1.165) is 23.8 Å². The molecule has 0 amide bonds. The lowest BCUT2D eigenvalue weighted by molar-refractivity contribution is 0.353. The van der Waals surface area contributed by atoms with Crippen molar-refractivity contribution in [3.63, 3.8) is 0 Å². The van der Waals surface area contributed by atoms with Gasteiger partial charge >= 0.3 is 0 Å². The summed E-state index contributed by atoms with van der Waals surface area (Å²) in [5, 5.41) is 0. The highest BCUT2D eigenvalue weighted by Crippen LogP contribution is 2.30. The lowest BCUT2D eigenvalue weighted by atomic mass is 10.0. The second-order valence-corrected chi connectivity index (χ2v) is 4.54. The van der Waals surface area contributed by atoms with Gasteiger partial charge in [0, 0.05) is 0 Å². The Morgan fingerprint density at radius 2 is 1.94 bits per heavy atom. The van der Waals surface area contributed by atoms with Crippen molar-refractivity contribution in [2.24, 2.45) is 5.92 Å². The molecule has 0 N–H and O–H groups in total. The Labute approximate surface area is 97.6 Å². The molecule has 0 atom stereocenters. The van der Waals surface area contributed by atoms with Crippen LogP contribution in [-0.4, -0.2) is 13.2 Å². The maximum atomic E-state index is 5.56. The molecule has 1 aromatic carbocycles. The molecule has 0 aromatic heterocycles. The van der Waals surface area contributed by atoms with Crippen molar-refractivity contribution in [3.8, 4) is 11.5 Å². The number of hydrogen-bond donors (Lipinski definition) is 0. The van der Waals surface area contributed by atoms with Crippen LogP contribution in [0.25, 0.3) is 0 Å². The summed E-state index contributed by atoms with van der Waals surface area (Å²) in [6.07, 6.45) is 5.32. The minimum Gasteiger partial charge on any atom is -0.489 e. The molecule has 0 saturated heterocycles. The third-order valence-electron chi connectivity index (χ3n) is 2.68. The minimum atomic E-state index is 0.512. The standard InChI is InChI=1S/C14H18O2/c1-11(2)4-5-12-6-7-13-14(10-12)16-9-3-8-15-13/h6-7,10-11H,4-5,8-9H2,1-2H3. The third-order valence-corrected chi connectivity index (χ3v) is 2.68. The van der Waals surface area contributed by atoms with Crippen molar-refractivity contribution < 1.29 is 9.47 Å². The number of ether oxygens (including phenoxy) is 2. The Balaban J connectivity index is 2.08. The van der Waals surface area contributed by atoms with E-state index in [1.165, 1.54) is 12.0 Å². The van der Waals surface area contributed by atoms with E-state index < -0.39 is 0 Å². The molecule has 2 nitrogen and oxygen atoms in total. The highest BCUT2D eigenvalue weighted by Gasteiger charge is 2.10. The first-order chi connectivity index (χ1) is 7.75. The summed E-state index contributed by atoms with van der Waals surface area (Å²) in [5.41, 5.74) is 1.32. The number of hydrogen-bond acceptors (Lipinski definition) is 2. The van der Waals surface area contributed by atoms with Gasteiger partial charge in [-0.05, 0) is 36.5 Å². The molecule has 0 spiro atoms. The molecular formula is C14H18O2. The van der Waals surface area contributed by atoms with Gasteiger partial charge in [0.1, 0.15) is 0 Å². The van der Waals surface area contributed by atoms with Crippen molar-refractivity contribution >= 4 is 0 Å². The molecule has 2 radical (unpaired) electrons. The first-order valence-electron chi connectivity index (χ1n) is 5.85. The van der Waals surface area contributed by atoms with Gasteiger partial charge in [-0.3, -0.25) is 0 Å². The summed E-state index contributed by atoms with van der Waals surface area (Å²) < 4.78 is 11.1. The van der Waals surface area contributed by atoms with E-state index in [-0.39, 0.29) is 0 Å². The van der Waals surface area contributed by atoms with Crippen LogP contribution in [0.3, 0.4) is 0 Å². The maximum Gasteiger partial charge on any atom is 0.161 e. The summed E-state index contributed by atoms with van der Waals surface area (Å²) in [5.74, 6) is 2.42. The number of benzene rings is 1. The molecule has 0 unspecified atom stereocenters. The van der Waals surface area contributed by atoms with E-state index in [1.807, 2.05) is 6.07 Å². The molecule has 0 saturated carbocycles. The van der Waals surface area contributed by atoms with Crippen LogP contribution in [0.4, 0.5) is 0 Å². The van der Waals surface area contributed by atoms with Gasteiger partial charge in [-0.2, -0.15) is 0 Å². The monoisotopic (exact) mass is 218 g/mol. The largest absolute Gasteiger partial charge is 0.489 e. The van der Waals surface area contributed by atoms with Gasteiger partial charge in [0.05, 0.1) is 19.6 Å². The summed E-state index contributed by atoms with van der Waals surface area (Å²) in [7, 11) is 0. The predicted octanol–water partition coefficient (Wildman–Crippen LogP) is 3.13. The molecule has 1 aromatic rings. The van der Waals surface area contributed by atoms with E-state index in [2.05, 4.69) is 32.4 Å². The van der Waals surface area contributed by atoms with Gasteiger partial charge < -0.3 is 9.47 Å². The first-order valence-corrected chi connectivity index (χ1v) is 5.85. The van der Waals surface area contributed by atoms with E-state index in [1.54, 1.807) is 0 Å². The van der Waals surface area contributed by atoms with Crippen LogP contribution >= 0.6 is 0 Å². The van der Waals surface area contributed by atoms with E-state index >= 15 is 0 Å². The SMILES string of the molecule is CC(C)CCc1ccc2c(c1)OC[C]CO2. The second-order valence-electron chi connectivity index (χ2n) is 4.54. The van der Waals surface area contributed by atoms with Crippen LogP contribution in [0.1, 0.15) is 25.8 Å². The molecular weight excluding hydrogens is 200 g/mol. The van der Waals surface area contributed by atoms with Crippen LogP contribution in [0.2, 0.25) is 0 Å². The zero-order valence-electron chi connectivity index (χ0n) is 9.95. The fourth-order valence-electron chi connectivity index (χ4n) is 1.69. The van der Waals surface area contributed by atoms with Crippen LogP contribution < -0.4 is 9.47 Å². The van der Waals surface area contributed by atoms with Gasteiger partial charge in [-0.15, -0.1) is 0 Å². The zero-order chi connectivity index (χ0) is 11.4. The van der Waals surface area contributed by atoms with Crippen LogP contribution in [0.15, 0.2) is 18.2 Å². The first kappa shape index (κ1) is 11.3. The summed E-state index contributed by atoms with van der Waals surface area (Å²) >= 11 is 0. The second kappa shape index (κ2) is 5.24. The average Bonchev–Trinajstić information content (AvgIpc) is 2.50. The highest BCUT2D eigenvalue weighted by atomic mass is 16.5. The molecule has 86 valence electrons. The van der Waals surface area contributed by atoms with Gasteiger partial charge in [0.2, 0.25) is 0 Å². The van der Waals surface area contributed by atoms with Gasteiger partial charge in [-0.25, -0.2) is 0 Å². The van der Waals surface area contributed by atoms with Crippen LogP contribution in [0.5, 0.6) is 11.5 Å². The van der Waals surface area contributed by atoms with E-state index in [0.29, 0.717) is 13.2 Å². The minimum absolute atomic E-state index is 0.512. The van der Waals surface area contributed by atoms with Crippen molar-refractivity contribution in [2.75, 3.05) is 13.2 Å². The normalized spacial score (nSPS) is 14.9. The van der Waals surface area contributed by atoms with Gasteiger partial charge in [0.25, 0.3) is 0 Å². The predicted molar refractivity (Wildman–Crippen MR) is 63.8 cm³/mol. The average molecular weight is 218 g/mol. The van der Waals surface area contributed by atoms with Crippen LogP contribution in [-0.2, 0) is 6.42 Å². The molecule has 2 heteroatoms. The van der Waals surface area contributed by atoms with Gasteiger partial charge in [-0.1, -0.05) is 19.9 Å². The Morgan fingerprint density at radius 1 is 1.19 bits per heavy atom. The maximum absolute atomic E-state index is 5.56. The fraction of sp³-hybridized carbons (Fsp3) is 0.500. The molecule has 0 aliphatic carbocycles. The number of aryl methyl sites for hydroxylation is 1. The van der Waals surface area contributed by atoms with E-state index in [9.17, 15) is 0 Å². The Kier molecular flexibility index (Phi) is 3.70. The Hall–Kier alpha value is -1.18. The summed E-state index contributed by atoms with van der Waals surface area (Å²) in [4.78, 5) is 0. The van der Waals surface area contributed by atoms with Crippen molar-refractivity contribution in [1.29, 1.82) is 0 Å². The molecule has 1 heterocycles. The topological polar surface area (TPSA) is 18.5 Å². The quantitative estimate of drug-likeness (QED) is 0.776. The van der Waals surface area contributed by atoms with Crippen LogP contribution in [0, 0.1) is 12.3 Å². The molecule has 1 aliphatic heterocycles. The Bertz CT molecular complexity index is 345. The Morgan fingerprint density at radius 3 is 2.69 bits per heavy atom. The van der Waals surface area contributed by atoms with Gasteiger partial charge in [0.15, 0.2) is 11.5 Å². The van der Waals surface area contributed by atoms with E-state index in [4.69, 9.17) is 9.47 Å². The third kappa shape index (κ3) is 2.91. The molecule has 1 aliphatic rings. The molecule has 0 fully saturated rings. The summed E-state index contributed by atoms with van der Waals surface area (Å²) in [6.45, 7) is 5.51.